The summed E-state index contributed by atoms with van der Waals surface area (Å²) in [4.78, 5) is 12.9. The summed E-state index contributed by atoms with van der Waals surface area (Å²) in [6.07, 6.45) is 0.865. The standard InChI is InChI=1S/C22H27N3O2Si/c1-5-27-18-7-8-19-15(13-18)10-11-24-21(19)22(26)25-17-6-9-20(28(2,3)4)16(12-17)14-23/h6-9,12-13,21,24H,5,10-11H2,1-4H3,(H,25,26). The number of hydrogen-bond donors (Lipinski definition) is 2. The molecular formula is C22H27N3O2Si. The van der Waals surface area contributed by atoms with Crippen LogP contribution in [0.4, 0.5) is 5.69 Å². The zero-order valence-corrected chi connectivity index (χ0v) is 17.9. The first-order valence-corrected chi connectivity index (χ1v) is 13.2. The van der Waals surface area contributed by atoms with Crippen LogP contribution in [0.2, 0.25) is 19.6 Å². The molecular weight excluding hydrogens is 366 g/mol. The van der Waals surface area contributed by atoms with Crippen molar-refractivity contribution in [3.05, 3.63) is 53.1 Å². The van der Waals surface area contributed by atoms with Crippen LogP contribution >= 0.6 is 0 Å². The largest absolute Gasteiger partial charge is 0.494 e. The highest BCUT2D eigenvalue weighted by molar-refractivity contribution is 6.89. The molecule has 0 bridgehead atoms. The van der Waals surface area contributed by atoms with E-state index in [1.165, 1.54) is 0 Å². The van der Waals surface area contributed by atoms with Crippen LogP contribution in [0.3, 0.4) is 0 Å². The number of rotatable bonds is 5. The molecule has 0 fully saturated rings. The molecule has 1 atom stereocenters. The second kappa shape index (κ2) is 8.17. The van der Waals surface area contributed by atoms with Crippen molar-refractivity contribution in [3.8, 4) is 11.8 Å². The molecule has 1 aliphatic rings. The van der Waals surface area contributed by atoms with Gasteiger partial charge in [0, 0.05) is 12.2 Å². The smallest absolute Gasteiger partial charge is 0.246 e. The molecule has 0 aromatic heterocycles. The molecule has 1 aliphatic heterocycles. The Hall–Kier alpha value is -2.62. The predicted molar refractivity (Wildman–Crippen MR) is 115 cm³/mol. The molecule has 1 heterocycles. The van der Waals surface area contributed by atoms with Gasteiger partial charge in [-0.1, -0.05) is 31.8 Å². The first-order chi connectivity index (χ1) is 13.3. The fourth-order valence-corrected chi connectivity index (χ4v) is 5.13. The Bertz CT molecular complexity index is 928. The second-order valence-corrected chi connectivity index (χ2v) is 13.1. The van der Waals surface area contributed by atoms with Gasteiger partial charge in [0.2, 0.25) is 5.91 Å². The minimum absolute atomic E-state index is 0.116. The summed E-state index contributed by atoms with van der Waals surface area (Å²) >= 11 is 0. The molecule has 5 nitrogen and oxygen atoms in total. The van der Waals surface area contributed by atoms with Crippen LogP contribution in [-0.2, 0) is 11.2 Å². The predicted octanol–water partition coefficient (Wildman–Crippen LogP) is 3.33. The van der Waals surface area contributed by atoms with E-state index in [-0.39, 0.29) is 5.91 Å². The number of nitrogens with zero attached hydrogens (tertiary/aromatic N) is 1. The first kappa shape index (κ1) is 20.1. The van der Waals surface area contributed by atoms with Crippen molar-refractivity contribution in [1.82, 2.24) is 5.32 Å². The fourth-order valence-electron chi connectivity index (χ4n) is 3.61. The number of nitrogens with one attached hydrogen (secondary N) is 2. The summed E-state index contributed by atoms with van der Waals surface area (Å²) in [6, 6.07) is 13.4. The van der Waals surface area contributed by atoms with Crippen molar-refractivity contribution in [2.75, 3.05) is 18.5 Å². The van der Waals surface area contributed by atoms with Gasteiger partial charge in [-0.05, 0) is 53.9 Å². The van der Waals surface area contributed by atoms with Gasteiger partial charge in [-0.3, -0.25) is 4.79 Å². The van der Waals surface area contributed by atoms with E-state index in [0.717, 1.165) is 35.0 Å². The van der Waals surface area contributed by atoms with Crippen molar-refractivity contribution in [2.24, 2.45) is 0 Å². The lowest BCUT2D eigenvalue weighted by atomic mass is 9.93. The van der Waals surface area contributed by atoms with Crippen molar-refractivity contribution in [3.63, 3.8) is 0 Å². The molecule has 28 heavy (non-hydrogen) atoms. The number of amides is 1. The quantitative estimate of drug-likeness (QED) is 0.764. The highest BCUT2D eigenvalue weighted by Gasteiger charge is 2.27. The molecule has 0 spiro atoms. The molecule has 2 aromatic carbocycles. The van der Waals surface area contributed by atoms with Crippen molar-refractivity contribution < 1.29 is 9.53 Å². The number of anilines is 1. The molecule has 0 aliphatic carbocycles. The van der Waals surface area contributed by atoms with Gasteiger partial charge in [-0.2, -0.15) is 5.26 Å². The van der Waals surface area contributed by atoms with Crippen LogP contribution in [0, 0.1) is 11.3 Å². The molecule has 6 heteroatoms. The average molecular weight is 394 g/mol. The van der Waals surface area contributed by atoms with Gasteiger partial charge in [0.25, 0.3) is 0 Å². The summed E-state index contributed by atoms with van der Waals surface area (Å²) in [6.45, 7) is 9.94. The van der Waals surface area contributed by atoms with Crippen molar-refractivity contribution >= 4 is 24.9 Å². The maximum absolute atomic E-state index is 12.9. The summed E-state index contributed by atoms with van der Waals surface area (Å²) in [5.74, 6) is 0.720. The summed E-state index contributed by atoms with van der Waals surface area (Å²) in [7, 11) is -1.61. The zero-order valence-electron chi connectivity index (χ0n) is 16.9. The monoisotopic (exact) mass is 393 g/mol. The van der Waals surface area contributed by atoms with Gasteiger partial charge in [0.15, 0.2) is 0 Å². The fraction of sp³-hybridized carbons (Fsp3) is 0.364. The van der Waals surface area contributed by atoms with Crippen LogP contribution < -0.4 is 20.6 Å². The normalized spacial score (nSPS) is 16.0. The molecule has 0 saturated heterocycles. The summed E-state index contributed by atoms with van der Waals surface area (Å²) < 4.78 is 5.58. The Balaban J connectivity index is 1.82. The van der Waals surface area contributed by atoms with Gasteiger partial charge in [-0.15, -0.1) is 0 Å². The van der Waals surface area contributed by atoms with Crippen LogP contribution in [0.1, 0.15) is 29.7 Å². The minimum Gasteiger partial charge on any atom is -0.494 e. The second-order valence-electron chi connectivity index (χ2n) is 8.04. The lowest BCUT2D eigenvalue weighted by Crippen LogP contribution is -2.40. The highest BCUT2D eigenvalue weighted by Crippen LogP contribution is 2.28. The third kappa shape index (κ3) is 4.27. The number of carbonyl (C=O) groups is 1. The molecule has 3 rings (SSSR count). The van der Waals surface area contributed by atoms with E-state index in [1.807, 2.05) is 37.3 Å². The molecule has 2 aromatic rings. The van der Waals surface area contributed by atoms with Gasteiger partial charge in [0.1, 0.15) is 11.8 Å². The Morgan fingerprint density at radius 1 is 1.29 bits per heavy atom. The lowest BCUT2D eigenvalue weighted by molar-refractivity contribution is -0.118. The van der Waals surface area contributed by atoms with Gasteiger partial charge < -0.3 is 15.4 Å². The van der Waals surface area contributed by atoms with Crippen LogP contribution in [0.5, 0.6) is 5.75 Å². The number of fused-ring (bicyclic) bond motifs is 1. The maximum atomic E-state index is 12.9. The first-order valence-electron chi connectivity index (χ1n) is 9.68. The maximum Gasteiger partial charge on any atom is 0.246 e. The molecule has 2 N–H and O–H groups in total. The average Bonchev–Trinajstić information content (AvgIpc) is 2.66. The molecule has 0 saturated carbocycles. The van der Waals surface area contributed by atoms with Crippen LogP contribution in [-0.4, -0.2) is 27.1 Å². The van der Waals surface area contributed by atoms with E-state index in [1.54, 1.807) is 6.07 Å². The van der Waals surface area contributed by atoms with E-state index < -0.39 is 14.1 Å². The van der Waals surface area contributed by atoms with E-state index in [2.05, 4.69) is 36.3 Å². The zero-order chi connectivity index (χ0) is 20.3. The third-order valence-electron chi connectivity index (χ3n) is 4.96. The number of nitriles is 1. The SMILES string of the molecule is CCOc1ccc2c(c1)CCNC2C(=O)Nc1ccc([Si](C)(C)C)c(C#N)c1. The lowest BCUT2D eigenvalue weighted by Gasteiger charge is -2.27. The Labute approximate surface area is 167 Å². The Kier molecular flexibility index (Phi) is 5.87. The molecule has 0 radical (unpaired) electrons. The van der Waals surface area contributed by atoms with E-state index >= 15 is 0 Å². The Morgan fingerprint density at radius 2 is 2.07 bits per heavy atom. The number of benzene rings is 2. The molecule has 1 unspecified atom stereocenters. The summed E-state index contributed by atoms with van der Waals surface area (Å²) in [5.41, 5.74) is 3.42. The van der Waals surface area contributed by atoms with E-state index in [4.69, 9.17) is 4.74 Å². The minimum atomic E-state index is -1.61. The van der Waals surface area contributed by atoms with Gasteiger partial charge >= 0.3 is 0 Å². The number of carbonyl (C=O) groups excluding carboxylic acids is 1. The van der Waals surface area contributed by atoms with Crippen LogP contribution in [0.25, 0.3) is 0 Å². The van der Waals surface area contributed by atoms with Gasteiger partial charge in [-0.25, -0.2) is 0 Å². The number of ether oxygens (including phenoxy) is 1. The van der Waals surface area contributed by atoms with Crippen LogP contribution in [0.15, 0.2) is 36.4 Å². The van der Waals surface area contributed by atoms with Crippen molar-refractivity contribution in [1.29, 1.82) is 5.26 Å². The molecule has 1 amide bonds. The van der Waals surface area contributed by atoms with Gasteiger partial charge in [0.05, 0.1) is 26.3 Å². The Morgan fingerprint density at radius 3 is 2.75 bits per heavy atom. The topological polar surface area (TPSA) is 74.2 Å². The third-order valence-corrected chi connectivity index (χ3v) is 7.01. The molecule has 146 valence electrons. The van der Waals surface area contributed by atoms with Crippen molar-refractivity contribution in [2.45, 2.75) is 39.0 Å². The summed E-state index contributed by atoms with van der Waals surface area (Å²) in [5, 5.41) is 16.9. The highest BCUT2D eigenvalue weighted by atomic mass is 28.3. The van der Waals surface area contributed by atoms with E-state index in [0.29, 0.717) is 17.9 Å². The number of hydrogen-bond acceptors (Lipinski definition) is 4. The van der Waals surface area contributed by atoms with E-state index in [9.17, 15) is 10.1 Å².